The van der Waals surface area contributed by atoms with Crippen LogP contribution in [0.3, 0.4) is 0 Å². The third-order valence-electron chi connectivity index (χ3n) is 1.84. The Kier molecular flexibility index (Phi) is 5.11. The highest BCUT2D eigenvalue weighted by atomic mass is 79.9. The lowest BCUT2D eigenvalue weighted by Gasteiger charge is -2.19. The normalized spacial score (nSPS) is 11.1. The molecular formula is C12H14BrF2NO3. The highest BCUT2D eigenvalue weighted by Crippen LogP contribution is 2.25. The van der Waals surface area contributed by atoms with Gasteiger partial charge in [0.15, 0.2) is 18.3 Å². The molecule has 0 aliphatic heterocycles. The van der Waals surface area contributed by atoms with E-state index in [4.69, 9.17) is 9.47 Å². The van der Waals surface area contributed by atoms with Gasteiger partial charge in [-0.05, 0) is 48.8 Å². The first-order valence-corrected chi connectivity index (χ1v) is 6.23. The van der Waals surface area contributed by atoms with Gasteiger partial charge in [0.25, 0.3) is 0 Å². The van der Waals surface area contributed by atoms with Crippen LogP contribution in [-0.4, -0.2) is 18.4 Å². The van der Waals surface area contributed by atoms with Gasteiger partial charge in [0, 0.05) is 0 Å². The summed E-state index contributed by atoms with van der Waals surface area (Å²) in [6.45, 7) is 4.79. The van der Waals surface area contributed by atoms with Crippen LogP contribution in [-0.2, 0) is 4.74 Å². The molecule has 0 aromatic heterocycles. The molecule has 0 spiro atoms. The van der Waals surface area contributed by atoms with E-state index in [1.807, 2.05) is 0 Å². The number of hydrogen-bond donors (Lipinski definition) is 1. The Hall–Kier alpha value is -1.37. The van der Waals surface area contributed by atoms with Crippen molar-refractivity contribution in [2.75, 3.05) is 6.73 Å². The van der Waals surface area contributed by atoms with E-state index in [0.717, 1.165) is 0 Å². The average molecular weight is 338 g/mol. The van der Waals surface area contributed by atoms with Gasteiger partial charge in [0.2, 0.25) is 5.82 Å². The van der Waals surface area contributed by atoms with Crippen molar-refractivity contribution in [1.82, 2.24) is 5.32 Å². The molecule has 1 amide bonds. The first-order chi connectivity index (χ1) is 8.70. The van der Waals surface area contributed by atoms with Gasteiger partial charge in [-0.3, -0.25) is 5.32 Å². The van der Waals surface area contributed by atoms with E-state index in [1.54, 1.807) is 20.8 Å². The Balaban J connectivity index is 2.50. The topological polar surface area (TPSA) is 47.6 Å². The van der Waals surface area contributed by atoms with E-state index < -0.39 is 23.3 Å². The molecule has 0 saturated carbocycles. The number of carbonyl (C=O) groups is 1. The van der Waals surface area contributed by atoms with Gasteiger partial charge in [0.05, 0.1) is 4.47 Å². The maximum Gasteiger partial charge on any atom is 0.410 e. The molecule has 4 nitrogen and oxygen atoms in total. The predicted molar refractivity (Wildman–Crippen MR) is 68.9 cm³/mol. The Bertz CT molecular complexity index is 475. The van der Waals surface area contributed by atoms with Crippen LogP contribution in [0, 0.1) is 11.6 Å². The molecule has 1 rings (SSSR count). The van der Waals surface area contributed by atoms with Crippen molar-refractivity contribution >= 4 is 22.0 Å². The number of halogens is 3. The smallest absolute Gasteiger partial charge is 0.410 e. The minimum absolute atomic E-state index is 0.00236. The zero-order chi connectivity index (χ0) is 14.6. The zero-order valence-corrected chi connectivity index (χ0v) is 12.3. The molecule has 0 aliphatic rings. The number of ether oxygens (including phenoxy) is 2. The van der Waals surface area contributed by atoms with Crippen molar-refractivity contribution in [2.24, 2.45) is 0 Å². The predicted octanol–water partition coefficient (Wildman–Crippen LogP) is 3.59. The second-order valence-electron chi connectivity index (χ2n) is 4.64. The van der Waals surface area contributed by atoms with Gasteiger partial charge in [-0.15, -0.1) is 0 Å². The molecule has 106 valence electrons. The fourth-order valence-electron chi connectivity index (χ4n) is 1.11. The van der Waals surface area contributed by atoms with Crippen molar-refractivity contribution in [3.05, 3.63) is 28.2 Å². The van der Waals surface area contributed by atoms with Gasteiger partial charge < -0.3 is 9.47 Å². The average Bonchev–Trinajstić information content (AvgIpc) is 2.27. The Labute approximate surface area is 118 Å². The first-order valence-electron chi connectivity index (χ1n) is 5.44. The number of hydrogen-bond acceptors (Lipinski definition) is 3. The number of amides is 1. The van der Waals surface area contributed by atoms with E-state index in [0.29, 0.717) is 0 Å². The van der Waals surface area contributed by atoms with Crippen LogP contribution in [0.2, 0.25) is 0 Å². The first kappa shape index (κ1) is 15.7. The van der Waals surface area contributed by atoms with Crippen molar-refractivity contribution < 1.29 is 23.0 Å². The maximum atomic E-state index is 13.4. The van der Waals surface area contributed by atoms with Crippen molar-refractivity contribution in [3.8, 4) is 5.75 Å². The summed E-state index contributed by atoms with van der Waals surface area (Å²) in [6.07, 6.45) is -0.703. The van der Waals surface area contributed by atoms with Crippen molar-refractivity contribution in [3.63, 3.8) is 0 Å². The van der Waals surface area contributed by atoms with E-state index in [1.165, 1.54) is 12.1 Å². The summed E-state index contributed by atoms with van der Waals surface area (Å²) in [4.78, 5) is 11.3. The molecular weight excluding hydrogens is 324 g/mol. The Morgan fingerprint density at radius 3 is 2.53 bits per heavy atom. The lowest BCUT2D eigenvalue weighted by atomic mass is 10.2. The molecule has 0 radical (unpaired) electrons. The molecule has 19 heavy (non-hydrogen) atoms. The second kappa shape index (κ2) is 6.18. The van der Waals surface area contributed by atoms with Crippen LogP contribution in [0.1, 0.15) is 20.8 Å². The molecule has 0 atom stereocenters. The minimum Gasteiger partial charge on any atom is -0.470 e. The van der Waals surface area contributed by atoms with E-state index in [2.05, 4.69) is 21.2 Å². The molecule has 0 heterocycles. The van der Waals surface area contributed by atoms with Crippen molar-refractivity contribution in [2.45, 2.75) is 26.4 Å². The van der Waals surface area contributed by atoms with Crippen LogP contribution in [0.15, 0.2) is 16.6 Å². The number of benzene rings is 1. The summed E-state index contributed by atoms with van der Waals surface area (Å²) in [6, 6.07) is 2.56. The second-order valence-corrected chi connectivity index (χ2v) is 5.50. The quantitative estimate of drug-likeness (QED) is 0.677. The van der Waals surface area contributed by atoms with Gasteiger partial charge in [0.1, 0.15) is 5.60 Å². The lowest BCUT2D eigenvalue weighted by molar-refractivity contribution is 0.0483. The fourth-order valence-corrected chi connectivity index (χ4v) is 1.41. The molecule has 0 fully saturated rings. The van der Waals surface area contributed by atoms with Gasteiger partial charge >= 0.3 is 6.09 Å². The summed E-state index contributed by atoms with van der Waals surface area (Å²) in [5.41, 5.74) is -0.640. The molecule has 0 bridgehead atoms. The molecule has 0 unspecified atom stereocenters. The fraction of sp³-hybridized carbons (Fsp3) is 0.417. The third-order valence-corrected chi connectivity index (χ3v) is 2.46. The third kappa shape index (κ3) is 5.02. The van der Waals surface area contributed by atoms with Crippen LogP contribution >= 0.6 is 15.9 Å². The monoisotopic (exact) mass is 337 g/mol. The molecule has 7 heteroatoms. The number of nitrogens with one attached hydrogen (secondary N) is 1. The summed E-state index contributed by atoms with van der Waals surface area (Å²) in [5, 5.41) is 2.26. The summed E-state index contributed by atoms with van der Waals surface area (Å²) < 4.78 is 36.4. The van der Waals surface area contributed by atoms with Gasteiger partial charge in [-0.2, -0.15) is 4.39 Å². The largest absolute Gasteiger partial charge is 0.470 e. The standard InChI is InChI=1S/C12H14BrF2NO3/c1-12(2,3)19-11(17)16-6-18-8-5-4-7(13)9(14)10(8)15/h4-5H,6H2,1-3H3,(H,16,17). The van der Waals surface area contributed by atoms with Crippen molar-refractivity contribution in [1.29, 1.82) is 0 Å². The van der Waals surface area contributed by atoms with Crippen LogP contribution < -0.4 is 10.1 Å². The molecule has 1 N–H and O–H groups in total. The lowest BCUT2D eigenvalue weighted by Crippen LogP contribution is -2.34. The molecule has 0 saturated heterocycles. The van der Waals surface area contributed by atoms with E-state index >= 15 is 0 Å². The van der Waals surface area contributed by atoms with Gasteiger partial charge in [-0.25, -0.2) is 9.18 Å². The zero-order valence-electron chi connectivity index (χ0n) is 10.7. The molecule has 1 aromatic rings. The summed E-state index contributed by atoms with van der Waals surface area (Å²) in [5.74, 6) is -2.47. The van der Waals surface area contributed by atoms with E-state index in [-0.39, 0.29) is 17.0 Å². The minimum atomic E-state index is -1.12. The Morgan fingerprint density at radius 1 is 1.32 bits per heavy atom. The summed E-state index contributed by atoms with van der Waals surface area (Å²) >= 11 is 2.84. The molecule has 1 aromatic carbocycles. The number of rotatable bonds is 3. The number of alkyl carbamates (subject to hydrolysis) is 1. The molecule has 0 aliphatic carbocycles. The van der Waals surface area contributed by atoms with Crippen LogP contribution in [0.5, 0.6) is 5.75 Å². The van der Waals surface area contributed by atoms with E-state index in [9.17, 15) is 13.6 Å². The Morgan fingerprint density at radius 2 is 1.95 bits per heavy atom. The number of carbonyl (C=O) groups excluding carboxylic acids is 1. The SMILES string of the molecule is CC(C)(C)OC(=O)NCOc1ccc(Br)c(F)c1F. The van der Waals surface area contributed by atoms with Gasteiger partial charge in [-0.1, -0.05) is 0 Å². The van der Waals surface area contributed by atoms with Crippen LogP contribution in [0.4, 0.5) is 13.6 Å². The highest BCUT2D eigenvalue weighted by molar-refractivity contribution is 9.10. The maximum absolute atomic E-state index is 13.4. The summed E-state index contributed by atoms with van der Waals surface area (Å²) in [7, 11) is 0. The highest BCUT2D eigenvalue weighted by Gasteiger charge is 2.16. The van der Waals surface area contributed by atoms with Crippen LogP contribution in [0.25, 0.3) is 0 Å².